The van der Waals surface area contributed by atoms with E-state index in [0.717, 1.165) is 22.3 Å². The van der Waals surface area contributed by atoms with Crippen molar-refractivity contribution in [2.24, 2.45) is 0 Å². The molecule has 0 aliphatic carbocycles. The second-order valence-electron chi connectivity index (χ2n) is 17.8. The molecular formula is C58H80N6O15. The molecule has 21 nitrogen and oxygen atoms in total. The summed E-state index contributed by atoms with van der Waals surface area (Å²) in [6.07, 6.45) is 1.52. The highest BCUT2D eigenvalue weighted by molar-refractivity contribution is 5.86. The fourth-order valence-electron chi connectivity index (χ4n) is 7.23. The second-order valence-corrected chi connectivity index (χ2v) is 17.8. The third-order valence-corrected chi connectivity index (χ3v) is 11.5. The Kier molecular flexibility index (Phi) is 34.7. The van der Waals surface area contributed by atoms with E-state index in [1.807, 2.05) is 121 Å². The van der Waals surface area contributed by atoms with Crippen LogP contribution in [0.2, 0.25) is 0 Å². The quantitative estimate of drug-likeness (QED) is 0.0196. The van der Waals surface area contributed by atoms with E-state index in [-0.39, 0.29) is 38.2 Å². The average molecular weight is 1100 g/mol. The Labute approximate surface area is 463 Å². The highest BCUT2D eigenvalue weighted by atomic mass is 16.6. The van der Waals surface area contributed by atoms with Crippen LogP contribution in [0.15, 0.2) is 121 Å². The molecule has 0 spiro atoms. The van der Waals surface area contributed by atoms with E-state index in [9.17, 15) is 28.8 Å². The molecule has 21 heteroatoms. The molecule has 0 bridgehead atoms. The van der Waals surface area contributed by atoms with E-state index >= 15 is 0 Å². The molecule has 0 heterocycles. The van der Waals surface area contributed by atoms with Crippen LogP contribution in [0, 0.1) is 0 Å². The molecule has 0 aliphatic heterocycles. The number of ether oxygens (including phenoxy) is 9. The number of hydrogen-bond donors (Lipinski definition) is 6. The zero-order valence-corrected chi connectivity index (χ0v) is 45.2. The van der Waals surface area contributed by atoms with Gasteiger partial charge in [0, 0.05) is 39.4 Å². The lowest BCUT2D eigenvalue weighted by molar-refractivity contribution is -0.124. The molecule has 2 atom stereocenters. The van der Waals surface area contributed by atoms with Gasteiger partial charge in [0.15, 0.2) is 0 Å². The van der Waals surface area contributed by atoms with E-state index in [4.69, 9.17) is 42.6 Å². The Balaban J connectivity index is 0.957. The minimum Gasteiger partial charge on any atom is -0.445 e. The first-order valence-electron chi connectivity index (χ1n) is 27.0. The van der Waals surface area contributed by atoms with E-state index in [2.05, 4.69) is 31.9 Å². The smallest absolute Gasteiger partial charge is 0.408 e. The van der Waals surface area contributed by atoms with E-state index in [0.29, 0.717) is 144 Å². The van der Waals surface area contributed by atoms with Crippen LogP contribution in [0.1, 0.15) is 73.6 Å². The summed E-state index contributed by atoms with van der Waals surface area (Å²) in [6.45, 7) is 5.66. The summed E-state index contributed by atoms with van der Waals surface area (Å²) in [4.78, 5) is 75.7. The highest BCUT2D eigenvalue weighted by Crippen LogP contribution is 2.08. The van der Waals surface area contributed by atoms with Crippen molar-refractivity contribution in [3.05, 3.63) is 144 Å². The van der Waals surface area contributed by atoms with Gasteiger partial charge in [0.2, 0.25) is 11.8 Å². The standard InChI is InChI=1S/C58H80N6O15/c65-53(51(63-57(69)78-45-49-23-9-3-10-24-49)27-13-15-29-61-55(67)76-43-47-19-5-1-6-20-47)59-31-17-33-71-35-37-73-39-41-75-42-40-74-38-36-72-34-18-32-60-54(66)52(64-58(70)79-46-50-25-11-4-12-26-50)28-14-16-30-62-56(68)77-44-48-21-7-2-8-22-48/h1-12,19-26,51-52H,13-18,27-46H2,(H,59,65)(H,60,66)(H,61,67)(H,62,68)(H,63,69)(H,64,70). The van der Waals surface area contributed by atoms with Crippen molar-refractivity contribution in [3.8, 4) is 0 Å². The normalized spacial score (nSPS) is 11.5. The van der Waals surface area contributed by atoms with Gasteiger partial charge in [-0.3, -0.25) is 9.59 Å². The number of carbonyl (C=O) groups excluding carboxylic acids is 6. The molecule has 0 radical (unpaired) electrons. The summed E-state index contributed by atoms with van der Waals surface area (Å²) in [5.74, 6) is -0.690. The molecule has 79 heavy (non-hydrogen) atoms. The van der Waals surface area contributed by atoms with Crippen LogP contribution in [0.4, 0.5) is 19.2 Å². The molecule has 6 amide bonds. The number of benzene rings is 4. The van der Waals surface area contributed by atoms with Gasteiger partial charge in [-0.2, -0.15) is 0 Å². The predicted octanol–water partition coefficient (Wildman–Crippen LogP) is 6.87. The first kappa shape index (κ1) is 64.2. The lowest BCUT2D eigenvalue weighted by Crippen LogP contribution is -2.47. The molecule has 4 aromatic rings. The number of carbonyl (C=O) groups is 6. The van der Waals surface area contributed by atoms with Gasteiger partial charge in [-0.25, -0.2) is 19.2 Å². The number of unbranched alkanes of at least 4 members (excludes halogenated alkanes) is 2. The van der Waals surface area contributed by atoms with Crippen molar-refractivity contribution in [2.75, 3.05) is 92.2 Å². The van der Waals surface area contributed by atoms with Gasteiger partial charge in [-0.1, -0.05) is 121 Å². The van der Waals surface area contributed by atoms with Gasteiger partial charge in [0.1, 0.15) is 38.5 Å². The summed E-state index contributed by atoms with van der Waals surface area (Å²) in [7, 11) is 0. The molecule has 4 aromatic carbocycles. The first-order valence-corrected chi connectivity index (χ1v) is 27.0. The van der Waals surface area contributed by atoms with E-state index < -0.39 is 36.5 Å². The number of alkyl carbamates (subject to hydrolysis) is 4. The number of rotatable bonds is 42. The molecule has 0 aromatic heterocycles. The van der Waals surface area contributed by atoms with Gasteiger partial charge in [0.25, 0.3) is 0 Å². The highest BCUT2D eigenvalue weighted by Gasteiger charge is 2.23. The van der Waals surface area contributed by atoms with Crippen LogP contribution in [0.25, 0.3) is 0 Å². The predicted molar refractivity (Wildman–Crippen MR) is 293 cm³/mol. The fourth-order valence-corrected chi connectivity index (χ4v) is 7.23. The monoisotopic (exact) mass is 1100 g/mol. The summed E-state index contributed by atoms with van der Waals surface area (Å²) in [5, 5.41) is 16.5. The Morgan fingerprint density at radius 1 is 0.304 bits per heavy atom. The van der Waals surface area contributed by atoms with Crippen LogP contribution >= 0.6 is 0 Å². The number of hydrogen-bond acceptors (Lipinski definition) is 15. The topological polar surface area (TPSA) is 258 Å². The minimum atomic E-state index is -0.835. The lowest BCUT2D eigenvalue weighted by Gasteiger charge is -2.18. The third kappa shape index (κ3) is 32.9. The van der Waals surface area contributed by atoms with E-state index in [1.54, 1.807) is 0 Å². The summed E-state index contributed by atoms with van der Waals surface area (Å²) >= 11 is 0. The maximum atomic E-state index is 13.1. The largest absolute Gasteiger partial charge is 0.445 e. The Morgan fingerprint density at radius 2 is 0.570 bits per heavy atom. The lowest BCUT2D eigenvalue weighted by atomic mass is 10.1. The van der Waals surface area contributed by atoms with Crippen LogP contribution < -0.4 is 31.9 Å². The summed E-state index contributed by atoms with van der Waals surface area (Å²) in [6, 6.07) is 35.5. The Bertz CT molecular complexity index is 2100. The molecule has 432 valence electrons. The van der Waals surface area contributed by atoms with Crippen molar-refractivity contribution in [1.82, 2.24) is 31.9 Å². The minimum absolute atomic E-state index is 0.0654. The summed E-state index contributed by atoms with van der Waals surface area (Å²) in [5.41, 5.74) is 3.41. The number of nitrogens with one attached hydrogen (secondary N) is 6. The third-order valence-electron chi connectivity index (χ3n) is 11.5. The van der Waals surface area contributed by atoms with Crippen molar-refractivity contribution in [2.45, 2.75) is 89.9 Å². The molecule has 0 fully saturated rings. The molecule has 0 saturated heterocycles. The van der Waals surface area contributed by atoms with Crippen LogP contribution in [-0.4, -0.2) is 141 Å². The average Bonchev–Trinajstić information content (AvgIpc) is 3.47. The zero-order valence-electron chi connectivity index (χ0n) is 45.2. The van der Waals surface area contributed by atoms with Crippen LogP contribution in [-0.2, 0) is 78.6 Å². The SMILES string of the molecule is O=C(NCCCCC(NC(=O)OCc1ccccc1)C(=O)NCCCOCCOCCOCCOCCOCCCNC(=O)C(CCCCNC(=O)OCc1ccccc1)NC(=O)OCc1ccccc1)OCc1ccccc1. The van der Waals surface area contributed by atoms with Crippen molar-refractivity contribution in [1.29, 1.82) is 0 Å². The molecule has 4 rings (SSSR count). The maximum absolute atomic E-state index is 13.1. The molecule has 6 N–H and O–H groups in total. The van der Waals surface area contributed by atoms with Crippen LogP contribution in [0.5, 0.6) is 0 Å². The van der Waals surface area contributed by atoms with Gasteiger partial charge < -0.3 is 74.5 Å². The summed E-state index contributed by atoms with van der Waals surface area (Å²) < 4.78 is 49.2. The Morgan fingerprint density at radius 3 is 0.873 bits per heavy atom. The molecule has 2 unspecified atom stereocenters. The first-order chi connectivity index (χ1) is 38.7. The second kappa shape index (κ2) is 42.7. The molecular weight excluding hydrogens is 1020 g/mol. The van der Waals surface area contributed by atoms with Gasteiger partial charge in [-0.05, 0) is 73.6 Å². The van der Waals surface area contributed by atoms with Gasteiger partial charge in [0.05, 0.1) is 52.9 Å². The van der Waals surface area contributed by atoms with E-state index in [1.165, 1.54) is 0 Å². The number of amides is 6. The van der Waals surface area contributed by atoms with Crippen molar-refractivity contribution < 1.29 is 71.4 Å². The van der Waals surface area contributed by atoms with Crippen LogP contribution in [0.3, 0.4) is 0 Å². The Hall–Kier alpha value is -7.30. The molecule has 0 saturated carbocycles. The fraction of sp³-hybridized carbons (Fsp3) is 0.483. The van der Waals surface area contributed by atoms with Crippen molar-refractivity contribution >= 4 is 36.2 Å². The van der Waals surface area contributed by atoms with Crippen molar-refractivity contribution in [3.63, 3.8) is 0 Å². The zero-order chi connectivity index (χ0) is 56.1. The van der Waals surface area contributed by atoms with Gasteiger partial charge in [-0.15, -0.1) is 0 Å². The molecule has 0 aliphatic rings. The van der Waals surface area contributed by atoms with Gasteiger partial charge >= 0.3 is 24.4 Å². The maximum Gasteiger partial charge on any atom is 0.408 e.